The molecule has 6 nitrogen and oxygen atoms in total. The van der Waals surface area contributed by atoms with E-state index in [-0.39, 0.29) is 18.3 Å². The van der Waals surface area contributed by atoms with Gasteiger partial charge in [-0.05, 0) is 49.9 Å². The molecule has 0 saturated carbocycles. The van der Waals surface area contributed by atoms with Gasteiger partial charge in [-0.3, -0.25) is 9.69 Å². The minimum atomic E-state index is -0.442. The number of hydrogen-bond donors (Lipinski definition) is 2. The number of hydrogen-bond acceptors (Lipinski definition) is 5. The lowest BCUT2D eigenvalue weighted by Crippen LogP contribution is -2.60. The molecule has 1 aromatic carbocycles. The smallest absolute Gasteiger partial charge is 0.243 e. The van der Waals surface area contributed by atoms with Crippen LogP contribution in [0.25, 0.3) is 0 Å². The number of aromatic hydroxyl groups is 1. The van der Waals surface area contributed by atoms with Crippen LogP contribution in [0.5, 0.6) is 11.5 Å². The number of aliphatic hydroxyl groups is 1. The van der Waals surface area contributed by atoms with E-state index < -0.39 is 5.54 Å². The zero-order valence-electron chi connectivity index (χ0n) is 14.2. The normalized spacial score (nSPS) is 24.8. The Morgan fingerprint density at radius 3 is 2.67 bits per heavy atom. The maximum absolute atomic E-state index is 13.0. The van der Waals surface area contributed by atoms with E-state index in [2.05, 4.69) is 4.90 Å². The van der Waals surface area contributed by atoms with Gasteiger partial charge in [0.05, 0.1) is 13.7 Å². The van der Waals surface area contributed by atoms with Gasteiger partial charge in [0, 0.05) is 19.6 Å². The molecule has 2 saturated heterocycles. The highest BCUT2D eigenvalue weighted by Gasteiger charge is 2.50. The summed E-state index contributed by atoms with van der Waals surface area (Å²) in [5.74, 6) is 0.732. The summed E-state index contributed by atoms with van der Waals surface area (Å²) in [6.45, 7) is 2.67. The molecule has 2 aliphatic rings. The maximum atomic E-state index is 13.0. The van der Waals surface area contributed by atoms with Gasteiger partial charge in [-0.1, -0.05) is 6.07 Å². The fourth-order valence-electron chi connectivity index (χ4n) is 4.14. The summed E-state index contributed by atoms with van der Waals surface area (Å²) in [5.41, 5.74) is 0.532. The molecule has 1 aromatic rings. The van der Waals surface area contributed by atoms with Gasteiger partial charge in [-0.25, -0.2) is 0 Å². The summed E-state index contributed by atoms with van der Waals surface area (Å²) < 4.78 is 5.09. The molecular weight excluding hydrogens is 308 g/mol. The SMILES string of the molecule is COc1ccc(CN2CCCC23CCCN(CCO)C3=O)cc1O. The van der Waals surface area contributed by atoms with Crippen LogP contribution >= 0.6 is 0 Å². The van der Waals surface area contributed by atoms with Crippen molar-refractivity contribution in [1.82, 2.24) is 9.80 Å². The fourth-order valence-corrected chi connectivity index (χ4v) is 4.14. The number of benzene rings is 1. The molecule has 2 heterocycles. The monoisotopic (exact) mass is 334 g/mol. The number of phenols is 1. The lowest BCUT2D eigenvalue weighted by Gasteiger charge is -2.44. The predicted octanol–water partition coefficient (Wildman–Crippen LogP) is 1.35. The molecule has 0 aliphatic carbocycles. The van der Waals surface area contributed by atoms with Crippen LogP contribution in [0.15, 0.2) is 18.2 Å². The van der Waals surface area contributed by atoms with Crippen LogP contribution in [0.3, 0.4) is 0 Å². The van der Waals surface area contributed by atoms with Gasteiger partial charge in [0.2, 0.25) is 5.91 Å². The number of amides is 1. The van der Waals surface area contributed by atoms with Crippen LogP contribution in [0.4, 0.5) is 0 Å². The summed E-state index contributed by atoms with van der Waals surface area (Å²) in [5, 5.41) is 19.2. The van der Waals surface area contributed by atoms with Crippen LogP contribution in [0.2, 0.25) is 0 Å². The highest BCUT2D eigenvalue weighted by atomic mass is 16.5. The Morgan fingerprint density at radius 1 is 1.25 bits per heavy atom. The molecule has 2 N–H and O–H groups in total. The van der Waals surface area contributed by atoms with Crippen molar-refractivity contribution in [3.05, 3.63) is 23.8 Å². The first-order valence-electron chi connectivity index (χ1n) is 8.62. The molecule has 0 bridgehead atoms. The van der Waals surface area contributed by atoms with Crippen LogP contribution < -0.4 is 4.74 Å². The van der Waals surface area contributed by atoms with Crippen molar-refractivity contribution < 1.29 is 19.7 Å². The summed E-state index contributed by atoms with van der Waals surface area (Å²) >= 11 is 0. The van der Waals surface area contributed by atoms with Crippen LogP contribution in [-0.2, 0) is 11.3 Å². The Balaban J connectivity index is 1.80. The van der Waals surface area contributed by atoms with Gasteiger partial charge in [0.15, 0.2) is 11.5 Å². The first kappa shape index (κ1) is 17.0. The van der Waals surface area contributed by atoms with Crippen molar-refractivity contribution in [2.75, 3.05) is 33.4 Å². The summed E-state index contributed by atoms with van der Waals surface area (Å²) in [6, 6.07) is 5.40. The second-order valence-electron chi connectivity index (χ2n) is 6.68. The summed E-state index contributed by atoms with van der Waals surface area (Å²) in [4.78, 5) is 17.1. The Labute approximate surface area is 142 Å². The predicted molar refractivity (Wildman–Crippen MR) is 89.9 cm³/mol. The third-order valence-corrected chi connectivity index (χ3v) is 5.31. The topological polar surface area (TPSA) is 73.2 Å². The van der Waals surface area contributed by atoms with Gasteiger partial charge < -0.3 is 19.8 Å². The Hall–Kier alpha value is -1.79. The zero-order valence-corrected chi connectivity index (χ0v) is 14.2. The minimum Gasteiger partial charge on any atom is -0.504 e. The van der Waals surface area contributed by atoms with Gasteiger partial charge in [0.1, 0.15) is 5.54 Å². The average molecular weight is 334 g/mol. The second kappa shape index (κ2) is 6.99. The molecule has 0 aromatic heterocycles. The Kier molecular flexibility index (Phi) is 4.96. The van der Waals surface area contributed by atoms with Crippen LogP contribution in [-0.4, -0.2) is 64.8 Å². The molecule has 132 valence electrons. The number of piperidine rings is 1. The molecule has 0 radical (unpaired) electrons. The quantitative estimate of drug-likeness (QED) is 0.850. The number of carbonyl (C=O) groups is 1. The molecule has 3 rings (SSSR count). The van der Waals surface area contributed by atoms with Gasteiger partial charge in [0.25, 0.3) is 0 Å². The molecule has 6 heteroatoms. The van der Waals surface area contributed by atoms with Crippen LogP contribution in [0, 0.1) is 0 Å². The first-order valence-corrected chi connectivity index (χ1v) is 8.62. The summed E-state index contributed by atoms with van der Waals surface area (Å²) in [6.07, 6.45) is 3.71. The number of ether oxygens (including phenoxy) is 1. The molecule has 1 unspecified atom stereocenters. The third kappa shape index (κ3) is 2.96. The van der Waals surface area contributed by atoms with Gasteiger partial charge in [-0.2, -0.15) is 0 Å². The van der Waals surface area contributed by atoms with Gasteiger partial charge in [-0.15, -0.1) is 0 Å². The Morgan fingerprint density at radius 2 is 2.00 bits per heavy atom. The number of phenolic OH excluding ortho intramolecular Hbond substituents is 1. The van der Waals surface area contributed by atoms with E-state index in [1.54, 1.807) is 17.0 Å². The van der Waals surface area contributed by atoms with E-state index in [1.165, 1.54) is 7.11 Å². The van der Waals surface area contributed by atoms with E-state index in [1.807, 2.05) is 6.07 Å². The largest absolute Gasteiger partial charge is 0.504 e. The third-order valence-electron chi connectivity index (χ3n) is 5.31. The van der Waals surface area contributed by atoms with E-state index in [0.29, 0.717) is 18.8 Å². The molecule has 2 fully saturated rings. The van der Waals surface area contributed by atoms with Crippen LogP contribution in [0.1, 0.15) is 31.2 Å². The van der Waals surface area contributed by atoms with Gasteiger partial charge >= 0.3 is 0 Å². The van der Waals surface area contributed by atoms with E-state index in [0.717, 1.165) is 44.3 Å². The van der Waals surface area contributed by atoms with Crippen molar-refractivity contribution in [3.8, 4) is 11.5 Å². The zero-order chi connectivity index (χ0) is 17.2. The number of aliphatic hydroxyl groups excluding tert-OH is 1. The lowest BCUT2D eigenvalue weighted by atomic mass is 9.85. The van der Waals surface area contributed by atoms with E-state index in [9.17, 15) is 15.0 Å². The van der Waals surface area contributed by atoms with E-state index >= 15 is 0 Å². The molecule has 2 aliphatic heterocycles. The number of β-amino-alcohol motifs (C(OH)–C–C–N with tert-alkyl or cyclic N) is 1. The van der Waals surface area contributed by atoms with Crippen molar-refractivity contribution in [2.45, 2.75) is 37.8 Å². The molecule has 1 atom stereocenters. The molecule has 24 heavy (non-hydrogen) atoms. The number of carbonyl (C=O) groups excluding carboxylic acids is 1. The standard InChI is InChI=1S/C18H26N2O4/c1-24-16-5-4-14(12-15(16)22)13-20-9-3-7-18(20)6-2-8-19(10-11-21)17(18)23/h4-5,12,21-22H,2-3,6-11,13H2,1H3. The highest BCUT2D eigenvalue weighted by Crippen LogP contribution is 2.39. The second-order valence-corrected chi connectivity index (χ2v) is 6.68. The highest BCUT2D eigenvalue weighted by molar-refractivity contribution is 5.87. The van der Waals surface area contributed by atoms with Crippen molar-refractivity contribution >= 4 is 5.91 Å². The molecule has 1 spiro atoms. The molecular formula is C18H26N2O4. The maximum Gasteiger partial charge on any atom is 0.243 e. The number of likely N-dealkylation sites (tertiary alicyclic amines) is 2. The summed E-state index contributed by atoms with van der Waals surface area (Å²) in [7, 11) is 1.53. The molecule has 1 amide bonds. The lowest BCUT2D eigenvalue weighted by molar-refractivity contribution is -0.148. The average Bonchev–Trinajstić information content (AvgIpc) is 2.96. The van der Waals surface area contributed by atoms with Crippen molar-refractivity contribution in [2.24, 2.45) is 0 Å². The number of nitrogens with zero attached hydrogens (tertiary/aromatic N) is 2. The number of rotatable bonds is 5. The van der Waals surface area contributed by atoms with Crippen molar-refractivity contribution in [1.29, 1.82) is 0 Å². The fraction of sp³-hybridized carbons (Fsp3) is 0.611. The Bertz CT molecular complexity index is 605. The van der Waals surface area contributed by atoms with Crippen molar-refractivity contribution in [3.63, 3.8) is 0 Å². The number of methoxy groups -OCH3 is 1. The van der Waals surface area contributed by atoms with E-state index in [4.69, 9.17) is 4.74 Å². The minimum absolute atomic E-state index is 0.00811. The first-order chi connectivity index (χ1) is 11.6.